The van der Waals surface area contributed by atoms with Crippen molar-refractivity contribution in [2.75, 3.05) is 0 Å². The predicted molar refractivity (Wildman–Crippen MR) is 99.6 cm³/mol. The molecule has 2 aromatic carbocycles. The monoisotopic (exact) mass is 341 g/mol. The third-order valence-corrected chi connectivity index (χ3v) is 3.73. The van der Waals surface area contributed by atoms with Crippen molar-refractivity contribution < 1.29 is 14.3 Å². The fraction of sp³-hybridized carbons (Fsp3) is 0.381. The Morgan fingerprint density at radius 3 is 2.36 bits per heavy atom. The minimum Gasteiger partial charge on any atom is -0.488 e. The molecule has 2 N–H and O–H groups in total. The van der Waals surface area contributed by atoms with E-state index in [1.807, 2.05) is 70.2 Å². The minimum absolute atomic E-state index is 0.201. The Kier molecular flexibility index (Phi) is 6.21. The molecule has 0 bridgehead atoms. The fourth-order valence-corrected chi connectivity index (χ4v) is 2.45. The van der Waals surface area contributed by atoms with Crippen molar-refractivity contribution in [3.63, 3.8) is 0 Å². The van der Waals surface area contributed by atoms with E-state index in [1.54, 1.807) is 6.07 Å². The van der Waals surface area contributed by atoms with Crippen LogP contribution in [0.3, 0.4) is 0 Å². The number of nitrogens with two attached hydrogens (primary N) is 1. The molecule has 0 aromatic heterocycles. The molecule has 0 saturated carbocycles. The zero-order valence-electron chi connectivity index (χ0n) is 15.4. The lowest BCUT2D eigenvalue weighted by atomic mass is 10.0. The van der Waals surface area contributed by atoms with Crippen LogP contribution in [0, 0.1) is 0 Å². The summed E-state index contributed by atoms with van der Waals surface area (Å²) in [6, 6.07) is 15.1. The molecule has 4 nitrogen and oxygen atoms in total. The number of carbonyl (C=O) groups excluding carboxylic acids is 1. The van der Waals surface area contributed by atoms with E-state index in [9.17, 15) is 4.79 Å². The van der Waals surface area contributed by atoms with Gasteiger partial charge in [-0.05, 0) is 38.8 Å². The third kappa shape index (κ3) is 5.33. The number of rotatable bonds is 6. The number of para-hydroxylation sites is 1. The molecule has 0 radical (unpaired) electrons. The second kappa shape index (κ2) is 8.17. The SMILES string of the molecule is CCC(N)c1cccc(C(=O)OC(C)(C)C)c1OCc1ccccc1. The maximum atomic E-state index is 12.6. The number of esters is 1. The Morgan fingerprint density at radius 1 is 1.08 bits per heavy atom. The van der Waals surface area contributed by atoms with E-state index in [1.165, 1.54) is 0 Å². The van der Waals surface area contributed by atoms with Gasteiger partial charge in [-0.2, -0.15) is 0 Å². The van der Waals surface area contributed by atoms with Crippen LogP contribution < -0.4 is 10.5 Å². The molecule has 0 aliphatic rings. The molecule has 0 heterocycles. The Hall–Kier alpha value is -2.33. The minimum atomic E-state index is -0.573. The summed E-state index contributed by atoms with van der Waals surface area (Å²) in [5.74, 6) is 0.107. The molecule has 2 rings (SSSR count). The van der Waals surface area contributed by atoms with Crippen molar-refractivity contribution in [3.05, 3.63) is 65.2 Å². The average Bonchev–Trinajstić information content (AvgIpc) is 2.58. The summed E-state index contributed by atoms with van der Waals surface area (Å²) >= 11 is 0. The number of hydrogen-bond acceptors (Lipinski definition) is 4. The summed E-state index contributed by atoms with van der Waals surface area (Å²) in [7, 11) is 0. The molecular formula is C21H27NO3. The van der Waals surface area contributed by atoms with Gasteiger partial charge in [0.05, 0.1) is 0 Å². The number of carbonyl (C=O) groups is 1. The Morgan fingerprint density at radius 2 is 1.76 bits per heavy atom. The van der Waals surface area contributed by atoms with Gasteiger partial charge in [0.1, 0.15) is 23.5 Å². The highest BCUT2D eigenvalue weighted by atomic mass is 16.6. The molecule has 0 aliphatic heterocycles. The van der Waals surface area contributed by atoms with Crippen LogP contribution in [0.1, 0.15) is 61.6 Å². The van der Waals surface area contributed by atoms with Crippen LogP contribution in [-0.2, 0) is 11.3 Å². The van der Waals surface area contributed by atoms with E-state index in [0.29, 0.717) is 17.9 Å². The molecule has 1 unspecified atom stereocenters. The summed E-state index contributed by atoms with van der Waals surface area (Å²) in [6.45, 7) is 7.90. The Balaban J connectivity index is 2.36. The maximum Gasteiger partial charge on any atom is 0.342 e. The first-order valence-electron chi connectivity index (χ1n) is 8.60. The molecule has 0 spiro atoms. The van der Waals surface area contributed by atoms with Gasteiger partial charge in [-0.25, -0.2) is 4.79 Å². The lowest BCUT2D eigenvalue weighted by molar-refractivity contribution is 0.00652. The van der Waals surface area contributed by atoms with E-state index < -0.39 is 11.6 Å². The quantitative estimate of drug-likeness (QED) is 0.778. The van der Waals surface area contributed by atoms with Gasteiger partial charge in [0.15, 0.2) is 0 Å². The van der Waals surface area contributed by atoms with E-state index in [0.717, 1.165) is 17.5 Å². The maximum absolute atomic E-state index is 12.6. The highest BCUT2D eigenvalue weighted by molar-refractivity contribution is 5.93. The summed E-state index contributed by atoms with van der Waals surface area (Å²) in [4.78, 5) is 12.6. The van der Waals surface area contributed by atoms with Crippen molar-refractivity contribution in [1.82, 2.24) is 0 Å². The standard InChI is InChI=1S/C21H27NO3/c1-5-18(22)16-12-9-13-17(20(23)25-21(2,3)4)19(16)24-14-15-10-7-6-8-11-15/h6-13,18H,5,14,22H2,1-4H3. The Bertz CT molecular complexity index is 705. The van der Waals surface area contributed by atoms with Crippen LogP contribution in [0.2, 0.25) is 0 Å². The molecule has 2 aromatic rings. The van der Waals surface area contributed by atoms with Crippen LogP contribution in [0.15, 0.2) is 48.5 Å². The van der Waals surface area contributed by atoms with Crippen molar-refractivity contribution in [2.24, 2.45) is 5.73 Å². The molecule has 1 atom stereocenters. The molecule has 0 fully saturated rings. The first kappa shape index (κ1) is 19.0. The Labute approximate surface area is 150 Å². The predicted octanol–water partition coefficient (Wildman–Crippen LogP) is 4.63. The van der Waals surface area contributed by atoms with Gasteiger partial charge in [0, 0.05) is 11.6 Å². The van der Waals surface area contributed by atoms with Crippen molar-refractivity contribution in [1.29, 1.82) is 0 Å². The van der Waals surface area contributed by atoms with Crippen LogP contribution in [0.5, 0.6) is 5.75 Å². The van der Waals surface area contributed by atoms with Crippen LogP contribution >= 0.6 is 0 Å². The topological polar surface area (TPSA) is 61.6 Å². The van der Waals surface area contributed by atoms with Crippen LogP contribution in [-0.4, -0.2) is 11.6 Å². The second-order valence-corrected chi connectivity index (χ2v) is 7.01. The first-order chi connectivity index (χ1) is 11.8. The molecule has 4 heteroatoms. The van der Waals surface area contributed by atoms with Crippen molar-refractivity contribution in [2.45, 2.75) is 52.4 Å². The smallest absolute Gasteiger partial charge is 0.342 e. The van der Waals surface area contributed by atoms with Gasteiger partial charge in [0.25, 0.3) is 0 Å². The first-order valence-corrected chi connectivity index (χ1v) is 8.60. The van der Waals surface area contributed by atoms with Gasteiger partial charge in [-0.1, -0.05) is 49.4 Å². The van der Waals surface area contributed by atoms with Crippen LogP contribution in [0.4, 0.5) is 0 Å². The zero-order chi connectivity index (χ0) is 18.4. The van der Waals surface area contributed by atoms with E-state index in [-0.39, 0.29) is 6.04 Å². The zero-order valence-corrected chi connectivity index (χ0v) is 15.4. The summed E-state index contributed by atoms with van der Waals surface area (Å²) in [5.41, 5.74) is 7.91. The number of hydrogen-bond donors (Lipinski definition) is 1. The van der Waals surface area contributed by atoms with E-state index >= 15 is 0 Å². The van der Waals surface area contributed by atoms with Gasteiger partial charge in [-0.15, -0.1) is 0 Å². The van der Waals surface area contributed by atoms with Crippen molar-refractivity contribution >= 4 is 5.97 Å². The fourth-order valence-electron chi connectivity index (χ4n) is 2.45. The van der Waals surface area contributed by atoms with Gasteiger partial charge in [0.2, 0.25) is 0 Å². The summed E-state index contributed by atoms with van der Waals surface area (Å²) < 4.78 is 11.6. The molecule has 0 amide bonds. The van der Waals surface area contributed by atoms with Gasteiger partial charge < -0.3 is 15.2 Å². The highest BCUT2D eigenvalue weighted by Gasteiger charge is 2.24. The highest BCUT2D eigenvalue weighted by Crippen LogP contribution is 2.32. The van der Waals surface area contributed by atoms with E-state index in [4.69, 9.17) is 15.2 Å². The van der Waals surface area contributed by atoms with Crippen LogP contribution in [0.25, 0.3) is 0 Å². The largest absolute Gasteiger partial charge is 0.488 e. The molecule has 25 heavy (non-hydrogen) atoms. The van der Waals surface area contributed by atoms with E-state index in [2.05, 4.69) is 0 Å². The van der Waals surface area contributed by atoms with Gasteiger partial charge >= 0.3 is 5.97 Å². The lowest BCUT2D eigenvalue weighted by Crippen LogP contribution is -2.24. The third-order valence-electron chi connectivity index (χ3n) is 3.73. The summed E-state index contributed by atoms with van der Waals surface area (Å²) in [6.07, 6.45) is 0.749. The molecule has 134 valence electrons. The normalized spacial score (nSPS) is 12.5. The molecule has 0 aliphatic carbocycles. The number of benzene rings is 2. The molecular weight excluding hydrogens is 314 g/mol. The average molecular weight is 341 g/mol. The lowest BCUT2D eigenvalue weighted by Gasteiger charge is -2.22. The summed E-state index contributed by atoms with van der Waals surface area (Å²) in [5, 5.41) is 0. The number of ether oxygens (including phenoxy) is 2. The van der Waals surface area contributed by atoms with Crippen molar-refractivity contribution in [3.8, 4) is 5.75 Å². The van der Waals surface area contributed by atoms with Gasteiger partial charge in [-0.3, -0.25) is 0 Å². The molecule has 0 saturated heterocycles. The second-order valence-electron chi connectivity index (χ2n) is 7.01.